The van der Waals surface area contributed by atoms with Crippen molar-refractivity contribution < 1.29 is 14.3 Å². The van der Waals surface area contributed by atoms with Gasteiger partial charge in [-0.2, -0.15) is 0 Å². The molecule has 0 fully saturated rings. The molecule has 0 spiro atoms. The van der Waals surface area contributed by atoms with Gasteiger partial charge in [-0.15, -0.1) is 0 Å². The molecule has 1 unspecified atom stereocenters. The molecule has 2 aromatic carbocycles. The van der Waals surface area contributed by atoms with Gasteiger partial charge in [0.25, 0.3) is 5.91 Å². The minimum Gasteiger partial charge on any atom is -0.378 e. The van der Waals surface area contributed by atoms with Gasteiger partial charge in [-0.3, -0.25) is 4.79 Å². The number of rotatable bonds is 3. The number of carbonyl (C=O) groups is 1. The fourth-order valence-corrected chi connectivity index (χ4v) is 1.69. The van der Waals surface area contributed by atoms with Crippen LogP contribution < -0.4 is 5.32 Å². The zero-order valence-electron chi connectivity index (χ0n) is 9.81. The van der Waals surface area contributed by atoms with Gasteiger partial charge in [0.1, 0.15) is 5.82 Å². The molecule has 98 valence electrons. The maximum atomic E-state index is 13.4. The summed E-state index contributed by atoms with van der Waals surface area (Å²) in [6.45, 7) is 0. The van der Waals surface area contributed by atoms with E-state index in [2.05, 4.69) is 5.32 Å². The summed E-state index contributed by atoms with van der Waals surface area (Å²) in [6, 6.07) is 12.0. The van der Waals surface area contributed by atoms with Gasteiger partial charge >= 0.3 is 0 Å². The van der Waals surface area contributed by atoms with Gasteiger partial charge in [0.15, 0.2) is 6.10 Å². The number of halogens is 2. The lowest BCUT2D eigenvalue weighted by Crippen LogP contribution is -2.21. The number of hydrogen-bond acceptors (Lipinski definition) is 2. The summed E-state index contributed by atoms with van der Waals surface area (Å²) in [4.78, 5) is 11.8. The summed E-state index contributed by atoms with van der Waals surface area (Å²) in [7, 11) is 0. The van der Waals surface area contributed by atoms with Gasteiger partial charge in [0.2, 0.25) is 0 Å². The van der Waals surface area contributed by atoms with Crippen LogP contribution in [0, 0.1) is 5.82 Å². The van der Waals surface area contributed by atoms with Crippen molar-refractivity contribution in [3.8, 4) is 0 Å². The smallest absolute Gasteiger partial charge is 0.257 e. The Morgan fingerprint density at radius 3 is 2.42 bits per heavy atom. The Morgan fingerprint density at radius 1 is 1.16 bits per heavy atom. The molecule has 0 heterocycles. The number of hydrogen-bond donors (Lipinski definition) is 2. The molecule has 2 rings (SSSR count). The minimum atomic E-state index is -1.38. The Labute approximate surface area is 114 Å². The zero-order valence-corrected chi connectivity index (χ0v) is 10.6. The standard InChI is InChI=1S/C14H11ClFNO2/c15-10-7-5-9(6-8-10)13(18)14(19)17-12-4-2-1-3-11(12)16/h1-8,13,18H,(H,17,19). The maximum Gasteiger partial charge on any atom is 0.257 e. The molecule has 0 radical (unpaired) electrons. The second kappa shape index (κ2) is 5.82. The minimum absolute atomic E-state index is 0.0283. The molecule has 2 N–H and O–H groups in total. The highest BCUT2D eigenvalue weighted by Crippen LogP contribution is 2.19. The van der Waals surface area contributed by atoms with Crippen LogP contribution in [0.15, 0.2) is 48.5 Å². The molecule has 19 heavy (non-hydrogen) atoms. The Hall–Kier alpha value is -1.91. The molecule has 3 nitrogen and oxygen atoms in total. The molecular formula is C14H11ClFNO2. The highest BCUT2D eigenvalue weighted by molar-refractivity contribution is 6.30. The fraction of sp³-hybridized carbons (Fsp3) is 0.0714. The third-order valence-corrected chi connectivity index (χ3v) is 2.82. The Balaban J connectivity index is 2.12. The molecule has 0 aromatic heterocycles. The zero-order chi connectivity index (χ0) is 13.8. The Kier molecular flexibility index (Phi) is 4.14. The van der Waals surface area contributed by atoms with Crippen LogP contribution in [0.2, 0.25) is 5.02 Å². The van der Waals surface area contributed by atoms with E-state index in [4.69, 9.17) is 11.6 Å². The first-order valence-electron chi connectivity index (χ1n) is 5.57. The van der Waals surface area contributed by atoms with Crippen molar-refractivity contribution in [1.29, 1.82) is 0 Å². The third-order valence-electron chi connectivity index (χ3n) is 2.57. The summed E-state index contributed by atoms with van der Waals surface area (Å²) in [5.74, 6) is -1.26. The Morgan fingerprint density at radius 2 is 1.79 bits per heavy atom. The molecule has 0 aliphatic heterocycles. The largest absolute Gasteiger partial charge is 0.378 e. The number of carbonyl (C=O) groups excluding carboxylic acids is 1. The molecule has 1 amide bonds. The summed E-state index contributed by atoms with van der Waals surface area (Å²) in [6.07, 6.45) is -1.38. The van der Waals surface area contributed by atoms with Crippen molar-refractivity contribution in [3.63, 3.8) is 0 Å². The van der Waals surface area contributed by atoms with Crippen molar-refractivity contribution in [2.45, 2.75) is 6.10 Å². The van der Waals surface area contributed by atoms with E-state index < -0.39 is 17.8 Å². The van der Waals surface area contributed by atoms with E-state index in [1.165, 1.54) is 30.3 Å². The number of aliphatic hydroxyl groups excluding tert-OH is 1. The molecule has 0 aliphatic carbocycles. The van der Waals surface area contributed by atoms with Crippen LogP contribution in [0.1, 0.15) is 11.7 Å². The molecular weight excluding hydrogens is 269 g/mol. The highest BCUT2D eigenvalue weighted by Gasteiger charge is 2.18. The van der Waals surface area contributed by atoms with Crippen LogP contribution >= 0.6 is 11.6 Å². The fourth-order valence-electron chi connectivity index (χ4n) is 1.56. The molecule has 0 saturated heterocycles. The van der Waals surface area contributed by atoms with Crippen LogP contribution in [0.5, 0.6) is 0 Å². The van der Waals surface area contributed by atoms with Crippen molar-refractivity contribution in [1.82, 2.24) is 0 Å². The quantitative estimate of drug-likeness (QED) is 0.907. The average Bonchev–Trinajstić information content (AvgIpc) is 2.41. The lowest BCUT2D eigenvalue weighted by molar-refractivity contribution is -0.124. The summed E-state index contributed by atoms with van der Waals surface area (Å²) < 4.78 is 13.4. The van der Waals surface area contributed by atoms with Gasteiger partial charge in [-0.05, 0) is 29.8 Å². The summed E-state index contributed by atoms with van der Waals surface area (Å²) >= 11 is 5.71. The van der Waals surface area contributed by atoms with Crippen LogP contribution in [0.3, 0.4) is 0 Å². The van der Waals surface area contributed by atoms with Crippen molar-refractivity contribution in [2.24, 2.45) is 0 Å². The second-order valence-electron chi connectivity index (χ2n) is 3.92. The molecule has 0 saturated carbocycles. The number of benzene rings is 2. The number of amides is 1. The predicted molar refractivity (Wildman–Crippen MR) is 71.4 cm³/mol. The van der Waals surface area contributed by atoms with Crippen molar-refractivity contribution in [2.75, 3.05) is 5.32 Å². The first-order valence-corrected chi connectivity index (χ1v) is 5.94. The van der Waals surface area contributed by atoms with Crippen LogP contribution in [0.25, 0.3) is 0 Å². The van der Waals surface area contributed by atoms with Gasteiger partial charge in [0, 0.05) is 5.02 Å². The monoisotopic (exact) mass is 279 g/mol. The number of para-hydroxylation sites is 1. The first kappa shape index (κ1) is 13.5. The topological polar surface area (TPSA) is 49.3 Å². The van der Waals surface area contributed by atoms with Gasteiger partial charge in [-0.1, -0.05) is 35.9 Å². The van der Waals surface area contributed by atoms with Gasteiger partial charge in [-0.25, -0.2) is 4.39 Å². The SMILES string of the molecule is O=C(Nc1ccccc1F)C(O)c1ccc(Cl)cc1. The van der Waals surface area contributed by atoms with E-state index in [9.17, 15) is 14.3 Å². The Bertz CT molecular complexity index is 586. The van der Waals surface area contributed by atoms with Crippen LogP contribution in [-0.2, 0) is 4.79 Å². The van der Waals surface area contributed by atoms with E-state index in [-0.39, 0.29) is 5.69 Å². The molecule has 1 atom stereocenters. The van der Waals surface area contributed by atoms with E-state index in [1.807, 2.05) is 0 Å². The maximum absolute atomic E-state index is 13.4. The molecule has 0 bridgehead atoms. The summed E-state index contributed by atoms with van der Waals surface area (Å²) in [5, 5.41) is 12.7. The predicted octanol–water partition coefficient (Wildman–Crippen LogP) is 3.15. The second-order valence-corrected chi connectivity index (χ2v) is 4.36. The number of anilines is 1. The molecule has 2 aromatic rings. The normalized spacial score (nSPS) is 11.9. The molecule has 0 aliphatic rings. The lowest BCUT2D eigenvalue weighted by atomic mass is 10.1. The first-order chi connectivity index (χ1) is 9.08. The lowest BCUT2D eigenvalue weighted by Gasteiger charge is -2.12. The average molecular weight is 280 g/mol. The summed E-state index contributed by atoms with van der Waals surface area (Å²) in [5.41, 5.74) is 0.416. The third kappa shape index (κ3) is 3.30. The van der Waals surface area contributed by atoms with E-state index >= 15 is 0 Å². The van der Waals surface area contributed by atoms with Crippen LogP contribution in [-0.4, -0.2) is 11.0 Å². The van der Waals surface area contributed by atoms with Gasteiger partial charge < -0.3 is 10.4 Å². The van der Waals surface area contributed by atoms with Crippen LogP contribution in [0.4, 0.5) is 10.1 Å². The highest BCUT2D eigenvalue weighted by atomic mass is 35.5. The van der Waals surface area contributed by atoms with E-state index in [0.29, 0.717) is 10.6 Å². The van der Waals surface area contributed by atoms with Crippen molar-refractivity contribution in [3.05, 3.63) is 64.9 Å². The number of nitrogens with one attached hydrogen (secondary N) is 1. The number of aliphatic hydroxyl groups is 1. The van der Waals surface area contributed by atoms with Crippen molar-refractivity contribution >= 4 is 23.2 Å². The van der Waals surface area contributed by atoms with E-state index in [0.717, 1.165) is 0 Å². The van der Waals surface area contributed by atoms with Gasteiger partial charge in [0.05, 0.1) is 5.69 Å². The van der Waals surface area contributed by atoms with E-state index in [1.54, 1.807) is 18.2 Å². The molecule has 5 heteroatoms.